The third-order valence-corrected chi connectivity index (χ3v) is 3.03. The molecular weight excluding hydrogens is 266 g/mol. The Morgan fingerprint density at radius 3 is 2.53 bits per heavy atom. The number of benzene rings is 1. The van der Waals surface area contributed by atoms with Crippen LogP contribution in [0, 0.1) is 0 Å². The molecular formula is C14H18ClNO3. The monoisotopic (exact) mass is 283 g/mol. The molecule has 19 heavy (non-hydrogen) atoms. The summed E-state index contributed by atoms with van der Waals surface area (Å²) < 4.78 is 4.58. The Labute approximate surface area is 118 Å². The third kappa shape index (κ3) is 4.56. The van der Waals surface area contributed by atoms with Crippen LogP contribution in [-0.2, 0) is 9.53 Å². The summed E-state index contributed by atoms with van der Waals surface area (Å²) in [5.41, 5.74) is 0.461. The Balaban J connectivity index is 2.78. The minimum absolute atomic E-state index is 0.156. The fraction of sp³-hybridized carbons (Fsp3) is 0.429. The molecule has 1 aromatic rings. The summed E-state index contributed by atoms with van der Waals surface area (Å²) in [5, 5.41) is 0.423. The Bertz CT molecular complexity index is 448. The first-order valence-corrected chi connectivity index (χ1v) is 6.58. The molecule has 0 aliphatic heterocycles. The van der Waals surface area contributed by atoms with Crippen LogP contribution in [0.5, 0.6) is 0 Å². The lowest BCUT2D eigenvalue weighted by Crippen LogP contribution is -2.34. The van der Waals surface area contributed by atoms with E-state index in [9.17, 15) is 9.59 Å². The normalized spacial score (nSPS) is 10.1. The van der Waals surface area contributed by atoms with Crippen molar-refractivity contribution in [3.05, 3.63) is 34.9 Å². The van der Waals surface area contributed by atoms with Gasteiger partial charge in [-0.15, -0.1) is 0 Å². The Kier molecular flexibility index (Phi) is 6.36. The highest BCUT2D eigenvalue weighted by Crippen LogP contribution is 2.17. The van der Waals surface area contributed by atoms with Crippen molar-refractivity contribution in [2.75, 3.05) is 20.2 Å². The standard InChI is InChI=1S/C14H18ClNO3/c1-3-9-16(10-8-13(17)19-2)14(18)11-6-4-5-7-12(11)15/h4-7H,3,8-10H2,1-2H3. The number of carbonyl (C=O) groups excluding carboxylic acids is 2. The molecule has 0 atom stereocenters. The van der Waals surface area contributed by atoms with Gasteiger partial charge in [-0.1, -0.05) is 30.7 Å². The second-order valence-electron chi connectivity index (χ2n) is 4.10. The maximum absolute atomic E-state index is 12.3. The number of amides is 1. The van der Waals surface area contributed by atoms with E-state index in [1.807, 2.05) is 6.92 Å². The number of carbonyl (C=O) groups is 2. The number of halogens is 1. The van der Waals surface area contributed by atoms with Gasteiger partial charge in [0.2, 0.25) is 0 Å². The zero-order valence-electron chi connectivity index (χ0n) is 11.2. The molecule has 0 aliphatic rings. The van der Waals surface area contributed by atoms with Crippen molar-refractivity contribution in [3.63, 3.8) is 0 Å². The fourth-order valence-electron chi connectivity index (χ4n) is 1.72. The van der Waals surface area contributed by atoms with Crippen molar-refractivity contribution >= 4 is 23.5 Å². The average molecular weight is 284 g/mol. The number of nitrogens with zero attached hydrogens (tertiary/aromatic N) is 1. The van der Waals surface area contributed by atoms with Crippen LogP contribution in [0.1, 0.15) is 30.1 Å². The Hall–Kier alpha value is -1.55. The van der Waals surface area contributed by atoms with Gasteiger partial charge in [-0.25, -0.2) is 0 Å². The van der Waals surface area contributed by atoms with Crippen molar-refractivity contribution < 1.29 is 14.3 Å². The van der Waals surface area contributed by atoms with Gasteiger partial charge < -0.3 is 9.64 Å². The predicted octanol–water partition coefficient (Wildman–Crippen LogP) is 2.76. The molecule has 5 heteroatoms. The smallest absolute Gasteiger partial charge is 0.307 e. The van der Waals surface area contributed by atoms with E-state index >= 15 is 0 Å². The van der Waals surface area contributed by atoms with Crippen LogP contribution in [0.2, 0.25) is 5.02 Å². The minimum Gasteiger partial charge on any atom is -0.469 e. The van der Waals surface area contributed by atoms with Gasteiger partial charge in [0, 0.05) is 13.1 Å². The molecule has 0 aliphatic carbocycles. The molecule has 0 saturated heterocycles. The third-order valence-electron chi connectivity index (χ3n) is 2.70. The summed E-state index contributed by atoms with van der Waals surface area (Å²) in [6.07, 6.45) is 1.00. The Morgan fingerprint density at radius 1 is 1.26 bits per heavy atom. The molecule has 0 fully saturated rings. The first kappa shape index (κ1) is 15.5. The Morgan fingerprint density at radius 2 is 1.95 bits per heavy atom. The van der Waals surface area contributed by atoms with E-state index < -0.39 is 0 Å². The number of methoxy groups -OCH3 is 1. The molecule has 1 aromatic carbocycles. The van der Waals surface area contributed by atoms with Crippen LogP contribution < -0.4 is 0 Å². The van der Waals surface area contributed by atoms with Crippen LogP contribution >= 0.6 is 11.6 Å². The minimum atomic E-state index is -0.326. The average Bonchev–Trinajstić information content (AvgIpc) is 2.42. The largest absolute Gasteiger partial charge is 0.469 e. The number of rotatable bonds is 6. The highest BCUT2D eigenvalue weighted by molar-refractivity contribution is 6.33. The van der Waals surface area contributed by atoms with E-state index in [4.69, 9.17) is 11.6 Å². The zero-order valence-corrected chi connectivity index (χ0v) is 11.9. The van der Waals surface area contributed by atoms with E-state index in [-0.39, 0.29) is 18.3 Å². The second kappa shape index (κ2) is 7.79. The van der Waals surface area contributed by atoms with Gasteiger partial charge in [-0.3, -0.25) is 9.59 Å². The molecule has 0 saturated carbocycles. The predicted molar refractivity (Wildman–Crippen MR) is 74.3 cm³/mol. The van der Waals surface area contributed by atoms with Crippen molar-refractivity contribution in [2.45, 2.75) is 19.8 Å². The maximum Gasteiger partial charge on any atom is 0.307 e. The summed E-state index contributed by atoms with van der Waals surface area (Å²) in [6, 6.07) is 6.91. The van der Waals surface area contributed by atoms with Crippen molar-refractivity contribution in [1.29, 1.82) is 0 Å². The van der Waals surface area contributed by atoms with Gasteiger partial charge in [0.1, 0.15) is 0 Å². The van der Waals surface area contributed by atoms with Gasteiger partial charge in [0.05, 0.1) is 24.1 Å². The lowest BCUT2D eigenvalue weighted by atomic mass is 10.2. The number of hydrogen-bond donors (Lipinski definition) is 0. The van der Waals surface area contributed by atoms with Crippen LogP contribution in [0.25, 0.3) is 0 Å². The number of esters is 1. The fourth-order valence-corrected chi connectivity index (χ4v) is 1.93. The second-order valence-corrected chi connectivity index (χ2v) is 4.51. The maximum atomic E-state index is 12.3. The summed E-state index contributed by atoms with van der Waals surface area (Å²) >= 11 is 6.01. The molecule has 1 amide bonds. The summed E-state index contributed by atoms with van der Waals surface area (Å²) in [5.74, 6) is -0.482. The molecule has 0 spiro atoms. The lowest BCUT2D eigenvalue weighted by molar-refractivity contribution is -0.140. The lowest BCUT2D eigenvalue weighted by Gasteiger charge is -2.22. The molecule has 0 unspecified atom stereocenters. The first-order chi connectivity index (χ1) is 9.10. The molecule has 0 heterocycles. The van der Waals surface area contributed by atoms with Gasteiger partial charge in [-0.05, 0) is 18.6 Å². The first-order valence-electron chi connectivity index (χ1n) is 6.20. The van der Waals surface area contributed by atoms with Gasteiger partial charge in [-0.2, -0.15) is 0 Å². The molecule has 0 aromatic heterocycles. The van der Waals surface area contributed by atoms with E-state index in [0.29, 0.717) is 23.7 Å². The SMILES string of the molecule is CCCN(CCC(=O)OC)C(=O)c1ccccc1Cl. The molecule has 1 rings (SSSR count). The molecule has 4 nitrogen and oxygen atoms in total. The van der Waals surface area contributed by atoms with Gasteiger partial charge >= 0.3 is 5.97 Å². The van der Waals surface area contributed by atoms with Crippen LogP contribution in [0.15, 0.2) is 24.3 Å². The highest BCUT2D eigenvalue weighted by Gasteiger charge is 2.18. The molecule has 104 valence electrons. The molecule has 0 radical (unpaired) electrons. The van der Waals surface area contributed by atoms with E-state index in [0.717, 1.165) is 6.42 Å². The van der Waals surface area contributed by atoms with Crippen molar-refractivity contribution in [2.24, 2.45) is 0 Å². The van der Waals surface area contributed by atoms with E-state index in [2.05, 4.69) is 4.74 Å². The topological polar surface area (TPSA) is 46.6 Å². The highest BCUT2D eigenvalue weighted by atomic mass is 35.5. The molecule has 0 bridgehead atoms. The van der Waals surface area contributed by atoms with Gasteiger partial charge in [0.15, 0.2) is 0 Å². The zero-order chi connectivity index (χ0) is 14.3. The number of ether oxygens (including phenoxy) is 1. The number of hydrogen-bond acceptors (Lipinski definition) is 3. The quantitative estimate of drug-likeness (QED) is 0.754. The van der Waals surface area contributed by atoms with Gasteiger partial charge in [0.25, 0.3) is 5.91 Å². The summed E-state index contributed by atoms with van der Waals surface area (Å²) in [7, 11) is 1.34. The summed E-state index contributed by atoms with van der Waals surface area (Å²) in [4.78, 5) is 25.1. The molecule has 0 N–H and O–H groups in total. The van der Waals surface area contributed by atoms with E-state index in [1.54, 1.807) is 29.2 Å². The summed E-state index contributed by atoms with van der Waals surface area (Å²) in [6.45, 7) is 2.90. The van der Waals surface area contributed by atoms with Crippen LogP contribution in [0.4, 0.5) is 0 Å². The van der Waals surface area contributed by atoms with E-state index in [1.165, 1.54) is 7.11 Å². The van der Waals surface area contributed by atoms with Crippen molar-refractivity contribution in [3.8, 4) is 0 Å². The van der Waals surface area contributed by atoms with Crippen LogP contribution in [0.3, 0.4) is 0 Å². The van der Waals surface area contributed by atoms with Crippen LogP contribution in [-0.4, -0.2) is 37.0 Å². The van der Waals surface area contributed by atoms with Crippen molar-refractivity contribution in [1.82, 2.24) is 4.90 Å².